The molecule has 0 unspecified atom stereocenters. The van der Waals surface area contributed by atoms with Gasteiger partial charge in [-0.1, -0.05) is 18.1 Å². The monoisotopic (exact) mass is 271 g/mol. The Morgan fingerprint density at radius 3 is 2.62 bits per heavy atom. The molecule has 0 saturated heterocycles. The summed E-state index contributed by atoms with van der Waals surface area (Å²) >= 11 is 0. The highest BCUT2D eigenvalue weighted by atomic mass is 16.3. The Labute approximate surface area is 121 Å². The largest absolute Gasteiger partial charge is 0.456 e. The summed E-state index contributed by atoms with van der Waals surface area (Å²) in [7, 11) is 0. The van der Waals surface area contributed by atoms with Crippen LogP contribution in [0.5, 0.6) is 0 Å². The van der Waals surface area contributed by atoms with Crippen molar-refractivity contribution in [3.63, 3.8) is 0 Å². The summed E-state index contributed by atoms with van der Waals surface area (Å²) in [6.45, 7) is 0. The van der Waals surface area contributed by atoms with Gasteiger partial charge in [0.1, 0.15) is 17.4 Å². The van der Waals surface area contributed by atoms with E-state index in [1.165, 1.54) is 6.07 Å². The molecule has 0 aliphatic carbocycles. The smallest absolute Gasteiger partial charge is 0.193 e. The lowest BCUT2D eigenvalue weighted by atomic mass is 10.0. The number of nitrogens with zero attached hydrogens (tertiary/aromatic N) is 1. The molecule has 0 bridgehead atoms. The number of rotatable bonds is 1. The number of para-hydroxylation sites is 1. The minimum atomic E-state index is -0.113. The Hall–Kier alpha value is -3.30. The van der Waals surface area contributed by atoms with E-state index in [2.05, 4.69) is 5.92 Å². The molecule has 98 valence electrons. The van der Waals surface area contributed by atoms with E-state index in [1.54, 1.807) is 42.5 Å². The fourth-order valence-corrected chi connectivity index (χ4v) is 2.16. The maximum Gasteiger partial charge on any atom is 0.193 e. The molecule has 0 saturated carbocycles. The summed E-state index contributed by atoms with van der Waals surface area (Å²) in [6, 6.07) is 15.5. The fraction of sp³-hybridized carbons (Fsp3) is 0. The third-order valence-corrected chi connectivity index (χ3v) is 3.21. The fourth-order valence-electron chi connectivity index (χ4n) is 2.16. The Balaban J connectivity index is 2.24. The van der Waals surface area contributed by atoms with E-state index in [4.69, 9.17) is 16.1 Å². The standard InChI is InChI=1S/C18H9NO2/c1-2-12-9-13(7-8-14(12)11-19)18-10-16(20)15-5-3-4-6-17(15)21-18/h1,3-10H. The third kappa shape index (κ3) is 2.18. The average Bonchev–Trinajstić information content (AvgIpc) is 2.54. The minimum Gasteiger partial charge on any atom is -0.456 e. The molecule has 0 aliphatic heterocycles. The summed E-state index contributed by atoms with van der Waals surface area (Å²) < 4.78 is 5.75. The molecule has 0 atom stereocenters. The average molecular weight is 271 g/mol. The zero-order chi connectivity index (χ0) is 14.8. The number of terminal acetylenes is 1. The Morgan fingerprint density at radius 2 is 1.86 bits per heavy atom. The topological polar surface area (TPSA) is 54.0 Å². The predicted octanol–water partition coefficient (Wildman–Crippen LogP) is 3.31. The van der Waals surface area contributed by atoms with Crippen molar-refractivity contribution in [3.05, 3.63) is 69.9 Å². The summed E-state index contributed by atoms with van der Waals surface area (Å²) in [5.41, 5.74) is 1.98. The third-order valence-electron chi connectivity index (χ3n) is 3.21. The SMILES string of the molecule is C#Cc1cc(-c2cc(=O)c3ccccc3o2)ccc1C#N. The van der Waals surface area contributed by atoms with E-state index >= 15 is 0 Å². The van der Waals surface area contributed by atoms with Crippen LogP contribution in [0.3, 0.4) is 0 Å². The van der Waals surface area contributed by atoms with E-state index in [9.17, 15) is 4.79 Å². The molecule has 1 heterocycles. The van der Waals surface area contributed by atoms with Crippen LogP contribution in [0.25, 0.3) is 22.3 Å². The van der Waals surface area contributed by atoms with Crippen LogP contribution in [0.15, 0.2) is 57.7 Å². The lowest BCUT2D eigenvalue weighted by molar-refractivity contribution is 0.619. The van der Waals surface area contributed by atoms with Gasteiger partial charge in [0.2, 0.25) is 0 Å². The molecule has 0 spiro atoms. The van der Waals surface area contributed by atoms with Crippen LogP contribution in [0.4, 0.5) is 0 Å². The molecule has 3 nitrogen and oxygen atoms in total. The van der Waals surface area contributed by atoms with Crippen molar-refractivity contribution >= 4 is 11.0 Å². The maximum absolute atomic E-state index is 12.1. The van der Waals surface area contributed by atoms with E-state index in [-0.39, 0.29) is 5.43 Å². The maximum atomic E-state index is 12.1. The molecule has 0 N–H and O–H groups in total. The number of benzene rings is 2. The van der Waals surface area contributed by atoms with Crippen molar-refractivity contribution < 1.29 is 4.42 Å². The van der Waals surface area contributed by atoms with Crippen molar-refractivity contribution in [3.8, 4) is 29.7 Å². The van der Waals surface area contributed by atoms with Gasteiger partial charge in [0.25, 0.3) is 0 Å². The number of nitriles is 1. The van der Waals surface area contributed by atoms with Crippen LogP contribution >= 0.6 is 0 Å². The number of hydrogen-bond acceptors (Lipinski definition) is 3. The molecular weight excluding hydrogens is 262 g/mol. The molecule has 3 rings (SSSR count). The first kappa shape index (κ1) is 12.7. The van der Waals surface area contributed by atoms with Gasteiger partial charge in [0.15, 0.2) is 5.43 Å². The van der Waals surface area contributed by atoms with Crippen molar-refractivity contribution in [2.45, 2.75) is 0 Å². The first-order chi connectivity index (χ1) is 10.2. The van der Waals surface area contributed by atoms with Gasteiger partial charge >= 0.3 is 0 Å². The molecular formula is C18H9NO2. The second-order valence-electron chi connectivity index (χ2n) is 4.49. The minimum absolute atomic E-state index is 0.113. The van der Waals surface area contributed by atoms with Gasteiger partial charge in [0, 0.05) is 17.2 Å². The molecule has 1 aromatic heterocycles. The summed E-state index contributed by atoms with van der Waals surface area (Å²) in [6.07, 6.45) is 5.40. The van der Waals surface area contributed by atoms with Gasteiger partial charge in [-0.15, -0.1) is 6.42 Å². The van der Waals surface area contributed by atoms with Crippen molar-refractivity contribution in [1.82, 2.24) is 0 Å². The van der Waals surface area contributed by atoms with Gasteiger partial charge < -0.3 is 4.42 Å². The van der Waals surface area contributed by atoms with Crippen LogP contribution in [-0.2, 0) is 0 Å². The van der Waals surface area contributed by atoms with Crippen molar-refractivity contribution in [2.75, 3.05) is 0 Å². The highest BCUT2D eigenvalue weighted by Crippen LogP contribution is 2.24. The highest BCUT2D eigenvalue weighted by molar-refractivity contribution is 5.78. The summed E-state index contributed by atoms with van der Waals surface area (Å²) in [4.78, 5) is 12.1. The second-order valence-corrected chi connectivity index (χ2v) is 4.49. The Bertz CT molecular complexity index is 984. The van der Waals surface area contributed by atoms with Crippen molar-refractivity contribution in [2.24, 2.45) is 0 Å². The quantitative estimate of drug-likeness (QED) is 0.638. The molecule has 0 fully saturated rings. The number of hydrogen-bond donors (Lipinski definition) is 0. The van der Waals surface area contributed by atoms with Crippen LogP contribution in [0.2, 0.25) is 0 Å². The Morgan fingerprint density at radius 1 is 1.05 bits per heavy atom. The first-order valence-electron chi connectivity index (χ1n) is 6.27. The second kappa shape index (κ2) is 5.00. The molecule has 0 aliphatic rings. The van der Waals surface area contributed by atoms with Gasteiger partial charge in [-0.2, -0.15) is 5.26 Å². The lowest BCUT2D eigenvalue weighted by Crippen LogP contribution is -2.00. The van der Waals surface area contributed by atoms with Crippen molar-refractivity contribution in [1.29, 1.82) is 5.26 Å². The summed E-state index contributed by atoms with van der Waals surface area (Å²) in [5, 5.41) is 9.51. The normalized spacial score (nSPS) is 10.0. The molecule has 3 aromatic rings. The molecule has 2 aromatic carbocycles. The van der Waals surface area contributed by atoms with E-state index < -0.39 is 0 Å². The molecule has 0 amide bonds. The first-order valence-corrected chi connectivity index (χ1v) is 6.27. The van der Waals surface area contributed by atoms with E-state index in [1.807, 2.05) is 6.07 Å². The number of fused-ring (bicyclic) bond motifs is 1. The van der Waals surface area contributed by atoms with Crippen LogP contribution in [-0.4, -0.2) is 0 Å². The molecule has 0 radical (unpaired) electrons. The van der Waals surface area contributed by atoms with Crippen LogP contribution < -0.4 is 5.43 Å². The van der Waals surface area contributed by atoms with E-state index in [0.717, 1.165) is 0 Å². The summed E-state index contributed by atoms with van der Waals surface area (Å²) in [5.74, 6) is 2.90. The van der Waals surface area contributed by atoms with Gasteiger partial charge in [-0.3, -0.25) is 4.79 Å². The van der Waals surface area contributed by atoms with Gasteiger partial charge in [-0.05, 0) is 30.3 Å². The van der Waals surface area contributed by atoms with Crippen LogP contribution in [0.1, 0.15) is 11.1 Å². The zero-order valence-corrected chi connectivity index (χ0v) is 11.0. The van der Waals surface area contributed by atoms with Gasteiger partial charge in [-0.25, -0.2) is 0 Å². The Kier molecular flexibility index (Phi) is 3.03. The highest BCUT2D eigenvalue weighted by Gasteiger charge is 2.08. The van der Waals surface area contributed by atoms with Gasteiger partial charge in [0.05, 0.1) is 10.9 Å². The lowest BCUT2D eigenvalue weighted by Gasteiger charge is -2.04. The molecule has 21 heavy (non-hydrogen) atoms. The van der Waals surface area contributed by atoms with Crippen LogP contribution in [0, 0.1) is 23.7 Å². The molecule has 3 heteroatoms. The predicted molar refractivity (Wildman–Crippen MR) is 80.6 cm³/mol. The zero-order valence-electron chi connectivity index (χ0n) is 11.0. The van der Waals surface area contributed by atoms with E-state index in [0.29, 0.717) is 33.4 Å².